The lowest BCUT2D eigenvalue weighted by atomic mass is 9.97. The number of carbonyl (C=O) groups is 1. The standard InChI is InChI=1S/C16H10F4O2/c17-13-5-10(11(15(21)22)6-14(13)18)8-1-3-9(4-2-8)12-7-16(12,19)20/h1-6,12H,7H2,(H,21,22). The van der Waals surface area contributed by atoms with Crippen LogP contribution in [0.15, 0.2) is 36.4 Å². The molecule has 1 saturated carbocycles. The number of benzene rings is 2. The van der Waals surface area contributed by atoms with Crippen molar-refractivity contribution in [3.05, 3.63) is 59.2 Å². The summed E-state index contributed by atoms with van der Waals surface area (Å²) in [5, 5.41) is 9.08. The predicted molar refractivity (Wildman–Crippen MR) is 71.1 cm³/mol. The minimum absolute atomic E-state index is 0.000470. The van der Waals surface area contributed by atoms with Crippen LogP contribution in [0, 0.1) is 11.6 Å². The van der Waals surface area contributed by atoms with E-state index in [2.05, 4.69) is 0 Å². The number of rotatable bonds is 3. The van der Waals surface area contributed by atoms with Gasteiger partial charge in [0.2, 0.25) is 0 Å². The minimum atomic E-state index is -2.70. The zero-order valence-corrected chi connectivity index (χ0v) is 11.1. The summed E-state index contributed by atoms with van der Waals surface area (Å²) in [4.78, 5) is 11.1. The summed E-state index contributed by atoms with van der Waals surface area (Å²) in [5.74, 6) is -7.35. The van der Waals surface area contributed by atoms with Crippen molar-refractivity contribution < 1.29 is 27.5 Å². The zero-order valence-electron chi connectivity index (χ0n) is 11.1. The smallest absolute Gasteiger partial charge is 0.336 e. The second kappa shape index (κ2) is 4.83. The molecule has 6 heteroatoms. The molecule has 114 valence electrons. The topological polar surface area (TPSA) is 37.3 Å². The van der Waals surface area contributed by atoms with E-state index in [-0.39, 0.29) is 17.5 Å². The Balaban J connectivity index is 2.01. The van der Waals surface area contributed by atoms with Gasteiger partial charge in [-0.05, 0) is 28.8 Å². The Morgan fingerprint density at radius 3 is 2.14 bits per heavy atom. The quantitative estimate of drug-likeness (QED) is 0.850. The number of alkyl halides is 2. The molecule has 1 N–H and O–H groups in total. The average Bonchev–Trinajstić information content (AvgIpc) is 3.10. The molecule has 1 fully saturated rings. The van der Waals surface area contributed by atoms with Gasteiger partial charge in [0.1, 0.15) is 0 Å². The number of aromatic carboxylic acids is 1. The molecule has 0 spiro atoms. The lowest BCUT2D eigenvalue weighted by Gasteiger charge is -2.08. The van der Waals surface area contributed by atoms with Crippen molar-refractivity contribution in [1.29, 1.82) is 0 Å². The molecule has 2 aromatic rings. The van der Waals surface area contributed by atoms with Crippen LogP contribution in [0.2, 0.25) is 0 Å². The van der Waals surface area contributed by atoms with E-state index >= 15 is 0 Å². The highest BCUT2D eigenvalue weighted by atomic mass is 19.3. The molecule has 0 saturated heterocycles. The van der Waals surface area contributed by atoms with Crippen molar-refractivity contribution in [1.82, 2.24) is 0 Å². The third-order valence-corrected chi connectivity index (χ3v) is 3.74. The van der Waals surface area contributed by atoms with Crippen LogP contribution in [0.1, 0.15) is 28.3 Å². The lowest BCUT2D eigenvalue weighted by Crippen LogP contribution is -2.02. The summed E-state index contributed by atoms with van der Waals surface area (Å²) in [6.45, 7) is 0. The molecular weight excluding hydrogens is 300 g/mol. The van der Waals surface area contributed by atoms with Crippen LogP contribution in [0.5, 0.6) is 0 Å². The normalized spacial score (nSPS) is 19.0. The van der Waals surface area contributed by atoms with E-state index in [0.29, 0.717) is 17.2 Å². The highest BCUT2D eigenvalue weighted by Crippen LogP contribution is 2.55. The number of hydrogen-bond donors (Lipinski definition) is 1. The van der Waals surface area contributed by atoms with Crippen molar-refractivity contribution in [3.63, 3.8) is 0 Å². The first kappa shape index (κ1) is 14.6. The first-order valence-electron chi connectivity index (χ1n) is 6.50. The highest BCUT2D eigenvalue weighted by molar-refractivity contribution is 5.96. The monoisotopic (exact) mass is 310 g/mol. The second-order valence-corrected chi connectivity index (χ2v) is 5.26. The summed E-state index contributed by atoms with van der Waals surface area (Å²) in [6.07, 6.45) is -0.210. The van der Waals surface area contributed by atoms with Gasteiger partial charge in [-0.15, -0.1) is 0 Å². The Morgan fingerprint density at radius 2 is 1.64 bits per heavy atom. The Bertz CT molecular complexity index is 753. The average molecular weight is 310 g/mol. The SMILES string of the molecule is O=C(O)c1cc(F)c(F)cc1-c1ccc(C2CC2(F)F)cc1. The molecule has 1 atom stereocenters. The van der Waals surface area contributed by atoms with Crippen LogP contribution < -0.4 is 0 Å². The molecule has 22 heavy (non-hydrogen) atoms. The van der Waals surface area contributed by atoms with Crippen LogP contribution in [0.25, 0.3) is 11.1 Å². The van der Waals surface area contributed by atoms with Crippen molar-refractivity contribution in [3.8, 4) is 11.1 Å². The fourth-order valence-corrected chi connectivity index (χ4v) is 2.43. The van der Waals surface area contributed by atoms with Gasteiger partial charge in [-0.3, -0.25) is 0 Å². The van der Waals surface area contributed by atoms with E-state index in [9.17, 15) is 22.4 Å². The molecule has 1 aliphatic rings. The van der Waals surface area contributed by atoms with E-state index in [4.69, 9.17) is 5.11 Å². The summed E-state index contributed by atoms with van der Waals surface area (Å²) in [6, 6.07) is 7.17. The Hall–Kier alpha value is -2.37. The molecule has 0 heterocycles. The highest BCUT2D eigenvalue weighted by Gasteiger charge is 2.57. The minimum Gasteiger partial charge on any atom is -0.478 e. The van der Waals surface area contributed by atoms with Crippen LogP contribution >= 0.6 is 0 Å². The van der Waals surface area contributed by atoms with Crippen LogP contribution in [-0.2, 0) is 0 Å². The Kier molecular flexibility index (Phi) is 3.20. The Morgan fingerprint density at radius 1 is 1.09 bits per heavy atom. The van der Waals surface area contributed by atoms with E-state index < -0.39 is 29.4 Å². The third kappa shape index (κ3) is 2.45. The van der Waals surface area contributed by atoms with Gasteiger partial charge >= 0.3 is 5.97 Å². The first-order valence-corrected chi connectivity index (χ1v) is 6.50. The molecular formula is C16H10F4O2. The molecule has 0 aliphatic heterocycles. The maximum atomic E-state index is 13.4. The van der Waals surface area contributed by atoms with Gasteiger partial charge in [0.15, 0.2) is 11.6 Å². The van der Waals surface area contributed by atoms with Gasteiger partial charge in [-0.2, -0.15) is 0 Å². The predicted octanol–water partition coefficient (Wildman–Crippen LogP) is 4.45. The van der Waals surface area contributed by atoms with Gasteiger partial charge in [-0.25, -0.2) is 22.4 Å². The summed E-state index contributed by atoms with van der Waals surface area (Å²) in [5.41, 5.74) is 0.376. The van der Waals surface area contributed by atoms with E-state index in [1.807, 2.05) is 0 Å². The molecule has 2 aromatic carbocycles. The van der Waals surface area contributed by atoms with Crippen LogP contribution in [0.3, 0.4) is 0 Å². The Labute approximate surface area is 123 Å². The molecule has 0 radical (unpaired) electrons. The number of carboxylic acid groups (broad SMARTS) is 1. The number of hydrogen-bond acceptors (Lipinski definition) is 1. The molecule has 0 aromatic heterocycles. The molecule has 2 nitrogen and oxygen atoms in total. The van der Waals surface area contributed by atoms with Crippen molar-refractivity contribution in [2.75, 3.05) is 0 Å². The van der Waals surface area contributed by atoms with Crippen molar-refractivity contribution in [2.45, 2.75) is 18.3 Å². The van der Waals surface area contributed by atoms with E-state index in [0.717, 1.165) is 6.07 Å². The summed E-state index contributed by atoms with van der Waals surface area (Å²) in [7, 11) is 0. The molecule has 0 bridgehead atoms. The maximum absolute atomic E-state index is 13.4. The number of carboxylic acids is 1. The third-order valence-electron chi connectivity index (χ3n) is 3.74. The fraction of sp³-hybridized carbons (Fsp3) is 0.188. The lowest BCUT2D eigenvalue weighted by molar-refractivity contribution is 0.0697. The summed E-state index contributed by atoms with van der Waals surface area (Å²) < 4.78 is 52.5. The number of halogens is 4. The van der Waals surface area contributed by atoms with Crippen molar-refractivity contribution in [2.24, 2.45) is 0 Å². The van der Waals surface area contributed by atoms with E-state index in [1.165, 1.54) is 24.3 Å². The fourth-order valence-electron chi connectivity index (χ4n) is 2.43. The van der Waals surface area contributed by atoms with Gasteiger partial charge in [0.05, 0.1) is 11.5 Å². The van der Waals surface area contributed by atoms with Gasteiger partial charge in [0, 0.05) is 6.42 Å². The molecule has 1 aliphatic carbocycles. The van der Waals surface area contributed by atoms with Crippen LogP contribution in [0.4, 0.5) is 17.6 Å². The molecule has 0 amide bonds. The van der Waals surface area contributed by atoms with Gasteiger partial charge in [0.25, 0.3) is 5.92 Å². The van der Waals surface area contributed by atoms with Crippen LogP contribution in [-0.4, -0.2) is 17.0 Å². The zero-order chi connectivity index (χ0) is 16.1. The first-order chi connectivity index (χ1) is 10.3. The molecule has 3 rings (SSSR count). The second-order valence-electron chi connectivity index (χ2n) is 5.26. The van der Waals surface area contributed by atoms with Gasteiger partial charge < -0.3 is 5.11 Å². The summed E-state index contributed by atoms with van der Waals surface area (Å²) >= 11 is 0. The maximum Gasteiger partial charge on any atom is 0.336 e. The molecule has 1 unspecified atom stereocenters. The van der Waals surface area contributed by atoms with Gasteiger partial charge in [-0.1, -0.05) is 24.3 Å². The van der Waals surface area contributed by atoms with E-state index in [1.54, 1.807) is 0 Å². The largest absolute Gasteiger partial charge is 0.478 e. The van der Waals surface area contributed by atoms with Crippen molar-refractivity contribution >= 4 is 5.97 Å².